The molecule has 2 aromatic heterocycles. The molecule has 0 unspecified atom stereocenters. The van der Waals surface area contributed by atoms with Gasteiger partial charge in [0.2, 0.25) is 0 Å². The lowest BCUT2D eigenvalue weighted by atomic mass is 10.3. The summed E-state index contributed by atoms with van der Waals surface area (Å²) < 4.78 is 8.09. The van der Waals surface area contributed by atoms with E-state index in [1.54, 1.807) is 4.52 Å². The van der Waals surface area contributed by atoms with Crippen molar-refractivity contribution in [1.29, 1.82) is 0 Å². The third-order valence-electron chi connectivity index (χ3n) is 2.82. The lowest BCUT2D eigenvalue weighted by Gasteiger charge is -2.27. The van der Waals surface area contributed by atoms with Crippen molar-refractivity contribution in [3.05, 3.63) is 15.5 Å². The van der Waals surface area contributed by atoms with E-state index in [0.717, 1.165) is 28.2 Å². The molecular formula is C10H10BrClN4O. The average Bonchev–Trinajstić information content (AvgIpc) is 2.57. The number of anilines is 1. The average molecular weight is 318 g/mol. The molecule has 90 valence electrons. The monoisotopic (exact) mass is 316 g/mol. The van der Waals surface area contributed by atoms with Crippen molar-refractivity contribution in [2.45, 2.75) is 6.92 Å². The molecule has 0 saturated carbocycles. The van der Waals surface area contributed by atoms with Crippen LogP contribution in [0.4, 0.5) is 5.69 Å². The van der Waals surface area contributed by atoms with E-state index < -0.39 is 0 Å². The summed E-state index contributed by atoms with van der Waals surface area (Å²) in [6.07, 6.45) is 0. The molecule has 0 aromatic carbocycles. The zero-order valence-corrected chi connectivity index (χ0v) is 11.7. The van der Waals surface area contributed by atoms with Crippen LogP contribution in [0.3, 0.4) is 0 Å². The first-order valence-electron chi connectivity index (χ1n) is 5.18. The van der Waals surface area contributed by atoms with Crippen molar-refractivity contribution in [2.24, 2.45) is 0 Å². The normalized spacial score (nSPS) is 14.9. The van der Waals surface area contributed by atoms with Crippen LogP contribution in [0.2, 0.25) is 5.15 Å². The molecule has 0 spiro atoms. The van der Waals surface area contributed by atoms with Crippen LogP contribution in [0.25, 0.3) is 5.65 Å². The first kappa shape index (κ1) is 11.1. The van der Waals surface area contributed by atoms with Crippen molar-refractivity contribution < 1.29 is 4.74 Å². The van der Waals surface area contributed by atoms with E-state index in [-0.39, 0.29) is 0 Å². The van der Waals surface area contributed by atoms with Gasteiger partial charge in [-0.25, -0.2) is 9.50 Å². The number of imidazole rings is 1. The minimum absolute atomic E-state index is 0.358. The summed E-state index contributed by atoms with van der Waals surface area (Å²) in [6, 6.07) is 0. The van der Waals surface area contributed by atoms with Crippen molar-refractivity contribution in [3.8, 4) is 5.75 Å². The second kappa shape index (κ2) is 3.74. The highest BCUT2D eigenvalue weighted by Gasteiger charge is 2.25. The van der Waals surface area contributed by atoms with Crippen LogP contribution in [-0.2, 0) is 0 Å². The Hall–Kier alpha value is -1.01. The zero-order valence-electron chi connectivity index (χ0n) is 9.37. The highest BCUT2D eigenvalue weighted by Crippen LogP contribution is 2.40. The third kappa shape index (κ3) is 1.51. The SMILES string of the molecule is Cc1nc2c3c(c(Cl)nn2c1Br)OCCN3C. The fourth-order valence-electron chi connectivity index (χ4n) is 1.94. The van der Waals surface area contributed by atoms with Crippen LogP contribution in [0.15, 0.2) is 4.60 Å². The van der Waals surface area contributed by atoms with E-state index in [1.165, 1.54) is 0 Å². The second-order valence-corrected chi connectivity index (χ2v) is 5.07. The second-order valence-electron chi connectivity index (χ2n) is 3.96. The van der Waals surface area contributed by atoms with E-state index in [9.17, 15) is 0 Å². The maximum Gasteiger partial charge on any atom is 0.194 e. The first-order chi connectivity index (χ1) is 8.09. The molecule has 5 nitrogen and oxygen atoms in total. The summed E-state index contributed by atoms with van der Waals surface area (Å²) >= 11 is 9.59. The van der Waals surface area contributed by atoms with Gasteiger partial charge in [-0.1, -0.05) is 11.6 Å². The van der Waals surface area contributed by atoms with Gasteiger partial charge >= 0.3 is 0 Å². The Labute approximate surface area is 111 Å². The van der Waals surface area contributed by atoms with E-state index in [1.807, 2.05) is 14.0 Å². The highest BCUT2D eigenvalue weighted by molar-refractivity contribution is 9.10. The van der Waals surface area contributed by atoms with Gasteiger partial charge < -0.3 is 9.64 Å². The van der Waals surface area contributed by atoms with Crippen LogP contribution in [-0.4, -0.2) is 34.8 Å². The molecule has 0 saturated heterocycles. The van der Waals surface area contributed by atoms with Crippen molar-refractivity contribution in [3.63, 3.8) is 0 Å². The summed E-state index contributed by atoms with van der Waals surface area (Å²) in [5.41, 5.74) is 2.53. The largest absolute Gasteiger partial charge is 0.486 e. The molecule has 0 atom stereocenters. The maximum atomic E-state index is 6.14. The summed E-state index contributed by atoms with van der Waals surface area (Å²) in [5, 5.41) is 4.62. The summed E-state index contributed by atoms with van der Waals surface area (Å²) in [6.45, 7) is 3.34. The van der Waals surface area contributed by atoms with Gasteiger partial charge in [0.15, 0.2) is 16.5 Å². The van der Waals surface area contributed by atoms with Gasteiger partial charge in [0.25, 0.3) is 0 Å². The van der Waals surface area contributed by atoms with Crippen molar-refractivity contribution >= 4 is 38.9 Å². The van der Waals surface area contributed by atoms with E-state index in [0.29, 0.717) is 17.5 Å². The summed E-state index contributed by atoms with van der Waals surface area (Å²) in [7, 11) is 2.00. The lowest BCUT2D eigenvalue weighted by Crippen LogP contribution is -2.30. The van der Waals surface area contributed by atoms with Crippen LogP contribution in [0, 0.1) is 6.92 Å². The van der Waals surface area contributed by atoms with Gasteiger partial charge in [-0.2, -0.15) is 0 Å². The van der Waals surface area contributed by atoms with Gasteiger partial charge in [0.1, 0.15) is 16.9 Å². The Bertz CT molecular complexity index is 612. The molecule has 0 bridgehead atoms. The molecule has 0 amide bonds. The minimum atomic E-state index is 0.358. The third-order valence-corrected chi connectivity index (χ3v) is 3.97. The van der Waals surface area contributed by atoms with Crippen LogP contribution >= 0.6 is 27.5 Å². The molecule has 1 aliphatic heterocycles. The van der Waals surface area contributed by atoms with Gasteiger partial charge in [-0.05, 0) is 22.9 Å². The van der Waals surface area contributed by atoms with Crippen LogP contribution < -0.4 is 9.64 Å². The Morgan fingerprint density at radius 1 is 1.47 bits per heavy atom. The molecular weight excluding hydrogens is 307 g/mol. The van der Waals surface area contributed by atoms with Gasteiger partial charge in [0.05, 0.1) is 12.2 Å². The molecule has 2 aromatic rings. The highest BCUT2D eigenvalue weighted by atomic mass is 79.9. The van der Waals surface area contributed by atoms with Crippen molar-refractivity contribution in [1.82, 2.24) is 14.6 Å². The Morgan fingerprint density at radius 3 is 3.00 bits per heavy atom. The van der Waals surface area contributed by atoms with E-state index in [4.69, 9.17) is 16.3 Å². The van der Waals surface area contributed by atoms with Gasteiger partial charge in [0, 0.05) is 7.05 Å². The minimum Gasteiger partial charge on any atom is -0.486 e. The number of nitrogens with zero attached hydrogens (tertiary/aromatic N) is 4. The predicted octanol–water partition coefficient (Wildman–Crippen LogP) is 2.28. The van der Waals surface area contributed by atoms with Gasteiger partial charge in [-0.3, -0.25) is 0 Å². The van der Waals surface area contributed by atoms with E-state index in [2.05, 4.69) is 30.9 Å². The molecule has 0 fully saturated rings. The molecule has 1 aliphatic rings. The zero-order chi connectivity index (χ0) is 12.2. The Balaban J connectivity index is 2.43. The van der Waals surface area contributed by atoms with Crippen LogP contribution in [0.1, 0.15) is 5.69 Å². The summed E-state index contributed by atoms with van der Waals surface area (Å²) in [4.78, 5) is 6.57. The Morgan fingerprint density at radius 2 is 2.24 bits per heavy atom. The number of ether oxygens (including phenoxy) is 1. The van der Waals surface area contributed by atoms with Crippen LogP contribution in [0.5, 0.6) is 5.75 Å². The number of fused-ring (bicyclic) bond motifs is 3. The predicted molar refractivity (Wildman–Crippen MR) is 69.2 cm³/mol. The molecule has 3 rings (SSSR count). The standard InChI is InChI=1S/C10H10BrClN4O/c1-5-8(11)16-10(13-5)6-7(9(12)14-16)17-4-3-15(6)2/h3-4H2,1-2H3. The molecule has 3 heterocycles. The number of hydrogen-bond donors (Lipinski definition) is 0. The number of likely N-dealkylation sites (N-methyl/N-ethyl adjacent to an activating group) is 1. The van der Waals surface area contributed by atoms with Crippen molar-refractivity contribution in [2.75, 3.05) is 25.1 Å². The first-order valence-corrected chi connectivity index (χ1v) is 6.35. The Kier molecular flexibility index (Phi) is 2.45. The topological polar surface area (TPSA) is 42.7 Å². The molecule has 0 aliphatic carbocycles. The molecule has 17 heavy (non-hydrogen) atoms. The number of aryl methyl sites for hydroxylation is 1. The number of rotatable bonds is 0. The number of hydrogen-bond acceptors (Lipinski definition) is 4. The maximum absolute atomic E-state index is 6.14. The van der Waals surface area contributed by atoms with E-state index >= 15 is 0 Å². The molecule has 7 heteroatoms. The fraction of sp³-hybridized carbons (Fsp3) is 0.400. The molecule has 0 N–H and O–H groups in total. The smallest absolute Gasteiger partial charge is 0.194 e. The quantitative estimate of drug-likeness (QED) is 0.747. The fourth-order valence-corrected chi connectivity index (χ4v) is 2.50. The molecule has 0 radical (unpaired) electrons. The number of aromatic nitrogens is 3. The summed E-state index contributed by atoms with van der Waals surface area (Å²) in [5.74, 6) is 0.616. The lowest BCUT2D eigenvalue weighted by molar-refractivity contribution is 0.309. The number of halogens is 2. The van der Waals surface area contributed by atoms with Gasteiger partial charge in [-0.15, -0.1) is 5.10 Å².